The average molecular weight is 209 g/mol. The molecule has 0 bridgehead atoms. The van der Waals surface area contributed by atoms with Crippen LogP contribution in [0.3, 0.4) is 0 Å². The van der Waals surface area contributed by atoms with E-state index in [4.69, 9.17) is 5.11 Å². The van der Waals surface area contributed by atoms with Crippen LogP contribution in [-0.2, 0) is 6.54 Å². The van der Waals surface area contributed by atoms with E-state index in [2.05, 4.69) is 10.4 Å². The molecule has 1 aromatic heterocycles. The van der Waals surface area contributed by atoms with Crippen molar-refractivity contribution in [1.29, 1.82) is 0 Å². The molecule has 0 saturated heterocycles. The first-order valence-corrected chi connectivity index (χ1v) is 5.64. The van der Waals surface area contributed by atoms with Gasteiger partial charge in [-0.05, 0) is 30.7 Å². The van der Waals surface area contributed by atoms with Gasteiger partial charge in [-0.25, -0.2) is 0 Å². The minimum atomic E-state index is 0.320. The molecule has 0 aliphatic heterocycles. The van der Waals surface area contributed by atoms with Crippen LogP contribution in [0.5, 0.6) is 0 Å². The number of rotatable bonds is 7. The Bertz CT molecular complexity index is 280. The molecular formula is C11H19N3O. The summed E-state index contributed by atoms with van der Waals surface area (Å²) < 4.78 is 1.93. The van der Waals surface area contributed by atoms with Crippen molar-refractivity contribution < 1.29 is 5.11 Å². The number of hydrogen-bond donors (Lipinski definition) is 2. The Balaban J connectivity index is 1.59. The average Bonchev–Trinajstić information content (AvgIpc) is 2.80. The molecule has 1 heterocycles. The summed E-state index contributed by atoms with van der Waals surface area (Å²) in [7, 11) is 0. The number of nitrogens with zero attached hydrogens (tertiary/aromatic N) is 2. The fraction of sp³-hybridized carbons (Fsp3) is 0.727. The van der Waals surface area contributed by atoms with Gasteiger partial charge in [0.05, 0.1) is 6.54 Å². The van der Waals surface area contributed by atoms with E-state index in [0.29, 0.717) is 12.0 Å². The summed E-state index contributed by atoms with van der Waals surface area (Å²) in [6, 6.07) is 1.94. The first kappa shape index (κ1) is 10.6. The van der Waals surface area contributed by atoms with Gasteiger partial charge in [0.2, 0.25) is 0 Å². The van der Waals surface area contributed by atoms with Crippen molar-refractivity contribution in [2.45, 2.75) is 25.8 Å². The van der Waals surface area contributed by atoms with Crippen molar-refractivity contribution in [2.24, 2.45) is 5.41 Å². The van der Waals surface area contributed by atoms with Crippen LogP contribution in [0.2, 0.25) is 0 Å². The topological polar surface area (TPSA) is 50.1 Å². The van der Waals surface area contributed by atoms with Gasteiger partial charge < -0.3 is 10.4 Å². The molecule has 0 amide bonds. The largest absolute Gasteiger partial charge is 0.396 e. The highest BCUT2D eigenvalue weighted by Gasteiger charge is 2.41. The third kappa shape index (κ3) is 3.04. The zero-order chi connectivity index (χ0) is 10.6. The van der Waals surface area contributed by atoms with Crippen LogP contribution < -0.4 is 5.32 Å². The molecule has 0 radical (unpaired) electrons. The van der Waals surface area contributed by atoms with E-state index in [0.717, 1.165) is 26.1 Å². The Morgan fingerprint density at radius 1 is 1.47 bits per heavy atom. The highest BCUT2D eigenvalue weighted by atomic mass is 16.3. The summed E-state index contributed by atoms with van der Waals surface area (Å²) in [5.41, 5.74) is 0.416. The maximum absolute atomic E-state index is 8.91. The Morgan fingerprint density at radius 2 is 2.33 bits per heavy atom. The monoisotopic (exact) mass is 209 g/mol. The van der Waals surface area contributed by atoms with Crippen molar-refractivity contribution in [3.63, 3.8) is 0 Å². The van der Waals surface area contributed by atoms with E-state index in [1.165, 1.54) is 12.8 Å². The van der Waals surface area contributed by atoms with Crippen LogP contribution in [-0.4, -0.2) is 34.6 Å². The Morgan fingerprint density at radius 3 is 2.93 bits per heavy atom. The lowest BCUT2D eigenvalue weighted by Gasteiger charge is -2.14. The molecule has 15 heavy (non-hydrogen) atoms. The second-order valence-electron chi connectivity index (χ2n) is 4.42. The van der Waals surface area contributed by atoms with Gasteiger partial charge in [-0.15, -0.1) is 0 Å². The van der Waals surface area contributed by atoms with E-state index in [1.807, 2.05) is 16.9 Å². The first-order valence-electron chi connectivity index (χ1n) is 5.64. The highest BCUT2D eigenvalue weighted by Crippen LogP contribution is 2.47. The second-order valence-corrected chi connectivity index (χ2v) is 4.42. The summed E-state index contributed by atoms with van der Waals surface area (Å²) in [6.45, 7) is 3.23. The van der Waals surface area contributed by atoms with Gasteiger partial charge in [-0.3, -0.25) is 4.68 Å². The van der Waals surface area contributed by atoms with Crippen molar-refractivity contribution in [3.05, 3.63) is 18.5 Å². The molecule has 0 aromatic carbocycles. The Hall–Kier alpha value is -0.870. The predicted octanol–water partition coefficient (Wildman–Crippen LogP) is 0.635. The molecule has 2 N–H and O–H groups in total. The third-order valence-electron chi connectivity index (χ3n) is 3.18. The van der Waals surface area contributed by atoms with Crippen molar-refractivity contribution in [2.75, 3.05) is 19.7 Å². The van der Waals surface area contributed by atoms with Gasteiger partial charge in [0, 0.05) is 32.1 Å². The van der Waals surface area contributed by atoms with Crippen LogP contribution in [0.1, 0.15) is 19.3 Å². The van der Waals surface area contributed by atoms with Crippen LogP contribution in [0.4, 0.5) is 0 Å². The maximum Gasteiger partial charge on any atom is 0.0533 e. The van der Waals surface area contributed by atoms with Gasteiger partial charge in [0.15, 0.2) is 0 Å². The minimum Gasteiger partial charge on any atom is -0.396 e. The van der Waals surface area contributed by atoms with E-state index < -0.39 is 0 Å². The Kier molecular flexibility index (Phi) is 3.38. The normalized spacial score (nSPS) is 17.9. The first-order chi connectivity index (χ1) is 7.35. The van der Waals surface area contributed by atoms with Gasteiger partial charge in [-0.2, -0.15) is 5.10 Å². The van der Waals surface area contributed by atoms with Gasteiger partial charge in [0.1, 0.15) is 0 Å². The third-order valence-corrected chi connectivity index (χ3v) is 3.18. The van der Waals surface area contributed by atoms with E-state index in [9.17, 15) is 0 Å². The van der Waals surface area contributed by atoms with Crippen LogP contribution in [0.15, 0.2) is 18.5 Å². The minimum absolute atomic E-state index is 0.320. The smallest absolute Gasteiger partial charge is 0.0533 e. The highest BCUT2D eigenvalue weighted by molar-refractivity contribution is 4.94. The van der Waals surface area contributed by atoms with Crippen LogP contribution >= 0.6 is 0 Å². The lowest BCUT2D eigenvalue weighted by atomic mass is 10.0. The van der Waals surface area contributed by atoms with Crippen molar-refractivity contribution in [3.8, 4) is 0 Å². The summed E-state index contributed by atoms with van der Waals surface area (Å²) in [5.74, 6) is 0. The van der Waals surface area contributed by atoms with Crippen LogP contribution in [0, 0.1) is 5.41 Å². The summed E-state index contributed by atoms with van der Waals surface area (Å²) >= 11 is 0. The molecule has 2 rings (SSSR count). The molecule has 1 aromatic rings. The number of aromatic nitrogens is 2. The molecule has 4 heteroatoms. The fourth-order valence-corrected chi connectivity index (χ4v) is 1.91. The zero-order valence-corrected chi connectivity index (χ0v) is 9.02. The molecule has 4 nitrogen and oxygen atoms in total. The van der Waals surface area contributed by atoms with Gasteiger partial charge >= 0.3 is 0 Å². The second kappa shape index (κ2) is 4.77. The number of aliphatic hydroxyl groups is 1. The lowest BCUT2D eigenvalue weighted by molar-refractivity contribution is 0.245. The Labute approximate surface area is 90.3 Å². The maximum atomic E-state index is 8.91. The van der Waals surface area contributed by atoms with Crippen molar-refractivity contribution in [1.82, 2.24) is 15.1 Å². The van der Waals surface area contributed by atoms with E-state index in [-0.39, 0.29) is 0 Å². The number of aliphatic hydroxyl groups excluding tert-OH is 1. The summed E-state index contributed by atoms with van der Waals surface area (Å²) in [4.78, 5) is 0. The SMILES string of the molecule is OCCC1(CNCCn2cccn2)CC1. The molecule has 0 unspecified atom stereocenters. The standard InChI is InChI=1S/C11H19N3O/c15-9-4-11(2-3-11)10-12-6-8-14-7-1-5-13-14/h1,5,7,12,15H,2-4,6,8-10H2. The van der Waals surface area contributed by atoms with Crippen LogP contribution in [0.25, 0.3) is 0 Å². The molecule has 0 spiro atoms. The molecule has 1 fully saturated rings. The molecule has 1 saturated carbocycles. The number of nitrogens with one attached hydrogen (secondary N) is 1. The molecule has 84 valence electrons. The lowest BCUT2D eigenvalue weighted by Crippen LogP contribution is -2.28. The van der Waals surface area contributed by atoms with Gasteiger partial charge in [0.25, 0.3) is 0 Å². The fourth-order valence-electron chi connectivity index (χ4n) is 1.91. The number of hydrogen-bond acceptors (Lipinski definition) is 3. The molecule has 1 aliphatic carbocycles. The zero-order valence-electron chi connectivity index (χ0n) is 9.02. The predicted molar refractivity (Wildman–Crippen MR) is 58.5 cm³/mol. The summed E-state index contributed by atoms with van der Waals surface area (Å²) in [5, 5.41) is 16.5. The van der Waals surface area contributed by atoms with Crippen molar-refractivity contribution >= 4 is 0 Å². The molecule has 1 aliphatic rings. The van der Waals surface area contributed by atoms with E-state index in [1.54, 1.807) is 6.20 Å². The molecular weight excluding hydrogens is 190 g/mol. The summed E-state index contributed by atoms with van der Waals surface area (Å²) in [6.07, 6.45) is 7.25. The van der Waals surface area contributed by atoms with E-state index >= 15 is 0 Å². The quantitative estimate of drug-likeness (QED) is 0.648. The van der Waals surface area contributed by atoms with Gasteiger partial charge in [-0.1, -0.05) is 0 Å². The molecule has 0 atom stereocenters.